The lowest BCUT2D eigenvalue weighted by molar-refractivity contribution is -0.143. The number of cyclic esters (lactones) is 1. The molecule has 0 bridgehead atoms. The van der Waals surface area contributed by atoms with E-state index in [2.05, 4.69) is 10.3 Å². The molecule has 2 aliphatic rings. The number of nitrogens with zero attached hydrogens (tertiary/aromatic N) is 2. The Bertz CT molecular complexity index is 1480. The van der Waals surface area contributed by atoms with E-state index in [-0.39, 0.29) is 24.8 Å². The van der Waals surface area contributed by atoms with Crippen LogP contribution in [0.15, 0.2) is 54.7 Å². The van der Waals surface area contributed by atoms with Crippen LogP contribution < -0.4 is 5.32 Å². The summed E-state index contributed by atoms with van der Waals surface area (Å²) in [6, 6.07) is 7.81. The molecule has 3 heterocycles. The summed E-state index contributed by atoms with van der Waals surface area (Å²) >= 11 is 0. The van der Waals surface area contributed by atoms with Crippen LogP contribution in [0.4, 0.5) is 41.3 Å². The first kappa shape index (κ1) is 31.6. The van der Waals surface area contributed by atoms with Crippen molar-refractivity contribution in [1.82, 2.24) is 9.88 Å². The quantitative estimate of drug-likeness (QED) is 0.267. The Balaban J connectivity index is 1.48. The lowest BCUT2D eigenvalue weighted by Gasteiger charge is -2.31. The number of nitrogens with one attached hydrogen (secondary N) is 1. The summed E-state index contributed by atoms with van der Waals surface area (Å²) < 4.78 is 106. The zero-order valence-corrected chi connectivity index (χ0v) is 23.8. The standard InChI is InChI=1S/C31H30F7N3O3/c1-3-26-14-25(7-8-43-26)40-28-21(9-20(15-39-28)18-5-4-6-24(32)12-18)16-41-17(2)27(44-29(41)42)19-10-22(30(33,34)35)13-23(11-19)31(36,37)38/h4-6,9-13,15,17,25-27H,3,7-8,14,16H2,1-2H3,(H,39,40)/t17-,25?,26?,27-/m0/s1. The van der Waals surface area contributed by atoms with Crippen LogP contribution in [0.5, 0.6) is 0 Å². The molecule has 0 saturated carbocycles. The predicted molar refractivity (Wildman–Crippen MR) is 147 cm³/mol. The number of ether oxygens (including phenoxy) is 2. The average molecular weight is 626 g/mol. The third-order valence-corrected chi connectivity index (χ3v) is 7.96. The second-order valence-corrected chi connectivity index (χ2v) is 11.0. The van der Waals surface area contributed by atoms with Crippen LogP contribution in [0.1, 0.15) is 61.5 Å². The Hall–Kier alpha value is -3.87. The van der Waals surface area contributed by atoms with Crippen molar-refractivity contribution < 1.29 is 45.0 Å². The summed E-state index contributed by atoms with van der Waals surface area (Å²) in [5.41, 5.74) is -1.83. The number of carbonyl (C=O) groups excluding carboxylic acids is 1. The van der Waals surface area contributed by atoms with Crippen LogP contribution in [-0.2, 0) is 28.4 Å². The minimum absolute atomic E-state index is 0.00145. The van der Waals surface area contributed by atoms with E-state index >= 15 is 0 Å². The summed E-state index contributed by atoms with van der Waals surface area (Å²) in [6.45, 7) is 3.93. The van der Waals surface area contributed by atoms with Gasteiger partial charge in [0.05, 0.1) is 29.8 Å². The molecule has 44 heavy (non-hydrogen) atoms. The highest BCUT2D eigenvalue weighted by atomic mass is 19.4. The number of anilines is 1. The van der Waals surface area contributed by atoms with E-state index in [1.807, 2.05) is 6.92 Å². The lowest BCUT2D eigenvalue weighted by atomic mass is 9.97. The monoisotopic (exact) mass is 625 g/mol. The van der Waals surface area contributed by atoms with Crippen molar-refractivity contribution in [1.29, 1.82) is 0 Å². The Kier molecular flexibility index (Phi) is 8.79. The van der Waals surface area contributed by atoms with Gasteiger partial charge < -0.3 is 14.8 Å². The minimum atomic E-state index is -5.05. The maximum atomic E-state index is 14.0. The fourth-order valence-corrected chi connectivity index (χ4v) is 5.56. The van der Waals surface area contributed by atoms with Gasteiger partial charge in [-0.1, -0.05) is 19.1 Å². The molecule has 0 spiro atoms. The van der Waals surface area contributed by atoms with E-state index in [0.717, 1.165) is 6.42 Å². The average Bonchev–Trinajstić information content (AvgIpc) is 3.25. The van der Waals surface area contributed by atoms with Gasteiger partial charge in [0.1, 0.15) is 17.7 Å². The van der Waals surface area contributed by atoms with E-state index in [0.29, 0.717) is 54.1 Å². The second-order valence-electron chi connectivity index (χ2n) is 11.0. The summed E-state index contributed by atoms with van der Waals surface area (Å²) in [5, 5.41) is 3.40. The van der Waals surface area contributed by atoms with E-state index in [9.17, 15) is 35.5 Å². The van der Waals surface area contributed by atoms with Crippen LogP contribution in [0.2, 0.25) is 0 Å². The van der Waals surface area contributed by atoms with Gasteiger partial charge >= 0.3 is 18.4 Å². The normalized spacial score (nSPS) is 22.7. The number of hydrogen-bond donors (Lipinski definition) is 1. The van der Waals surface area contributed by atoms with Crippen LogP contribution in [0.25, 0.3) is 11.1 Å². The van der Waals surface area contributed by atoms with Gasteiger partial charge in [0, 0.05) is 30.0 Å². The van der Waals surface area contributed by atoms with Crippen molar-refractivity contribution >= 4 is 11.9 Å². The number of rotatable bonds is 7. The van der Waals surface area contributed by atoms with Crippen molar-refractivity contribution in [2.75, 3.05) is 11.9 Å². The second kappa shape index (κ2) is 12.3. The summed E-state index contributed by atoms with van der Waals surface area (Å²) in [6.07, 6.45) is -8.56. The highest BCUT2D eigenvalue weighted by Crippen LogP contribution is 2.41. The number of amides is 1. The molecule has 2 fully saturated rings. The smallest absolute Gasteiger partial charge is 0.416 e. The molecule has 0 aliphatic carbocycles. The van der Waals surface area contributed by atoms with Gasteiger partial charge in [-0.15, -0.1) is 0 Å². The zero-order valence-electron chi connectivity index (χ0n) is 23.8. The molecular formula is C31H30F7N3O3. The van der Waals surface area contributed by atoms with Crippen molar-refractivity contribution in [2.45, 2.75) is 76.3 Å². The van der Waals surface area contributed by atoms with Gasteiger partial charge in [-0.2, -0.15) is 26.3 Å². The molecule has 236 valence electrons. The van der Waals surface area contributed by atoms with Gasteiger partial charge in [-0.3, -0.25) is 4.90 Å². The van der Waals surface area contributed by atoms with E-state index in [1.165, 1.54) is 30.0 Å². The van der Waals surface area contributed by atoms with Gasteiger partial charge in [0.2, 0.25) is 0 Å². The van der Waals surface area contributed by atoms with Crippen LogP contribution in [0, 0.1) is 5.82 Å². The molecule has 13 heteroatoms. The van der Waals surface area contributed by atoms with E-state index in [4.69, 9.17) is 9.47 Å². The highest BCUT2D eigenvalue weighted by Gasteiger charge is 2.43. The molecule has 1 aromatic heterocycles. The van der Waals surface area contributed by atoms with Crippen molar-refractivity contribution in [3.63, 3.8) is 0 Å². The molecule has 4 atom stereocenters. The van der Waals surface area contributed by atoms with Crippen molar-refractivity contribution in [3.05, 3.63) is 82.8 Å². The van der Waals surface area contributed by atoms with Gasteiger partial charge in [0.25, 0.3) is 0 Å². The van der Waals surface area contributed by atoms with Gasteiger partial charge in [-0.25, -0.2) is 14.2 Å². The van der Waals surface area contributed by atoms with E-state index < -0.39 is 53.1 Å². The molecule has 1 N–H and O–H groups in total. The van der Waals surface area contributed by atoms with Gasteiger partial charge in [0.15, 0.2) is 0 Å². The molecule has 6 nitrogen and oxygen atoms in total. The van der Waals surface area contributed by atoms with Crippen molar-refractivity contribution in [2.24, 2.45) is 0 Å². The molecule has 1 amide bonds. The third-order valence-electron chi connectivity index (χ3n) is 7.96. The lowest BCUT2D eigenvalue weighted by Crippen LogP contribution is -2.35. The van der Waals surface area contributed by atoms with Crippen molar-refractivity contribution in [3.8, 4) is 11.1 Å². The first-order valence-electron chi connectivity index (χ1n) is 14.1. The topological polar surface area (TPSA) is 63.7 Å². The molecule has 5 rings (SSSR count). The fraction of sp³-hybridized carbons (Fsp3) is 0.419. The number of aromatic nitrogens is 1. The fourth-order valence-electron chi connectivity index (χ4n) is 5.56. The molecule has 2 aromatic carbocycles. The molecule has 2 unspecified atom stereocenters. The Morgan fingerprint density at radius 1 is 1.00 bits per heavy atom. The number of carbonyl (C=O) groups is 1. The Morgan fingerprint density at radius 3 is 2.34 bits per heavy atom. The maximum Gasteiger partial charge on any atom is 0.416 e. The SMILES string of the molecule is CCC1CC(Nc2ncc(-c3cccc(F)c3)cc2CN2C(=O)O[C@H](c3cc(C(F)(F)F)cc(C(F)(F)F)c3)[C@@H]2C)CCO1. The summed E-state index contributed by atoms with van der Waals surface area (Å²) in [4.78, 5) is 18.9. The Morgan fingerprint density at radius 2 is 1.70 bits per heavy atom. The van der Waals surface area contributed by atoms with Gasteiger partial charge in [-0.05, 0) is 73.7 Å². The summed E-state index contributed by atoms with van der Waals surface area (Å²) in [7, 11) is 0. The number of hydrogen-bond acceptors (Lipinski definition) is 5. The first-order chi connectivity index (χ1) is 20.7. The molecule has 0 radical (unpaired) electrons. The number of halogens is 7. The predicted octanol–water partition coefficient (Wildman–Crippen LogP) is 8.38. The highest BCUT2D eigenvalue weighted by molar-refractivity contribution is 5.72. The Labute approximate surface area is 249 Å². The minimum Gasteiger partial charge on any atom is -0.439 e. The first-order valence-corrected chi connectivity index (χ1v) is 14.1. The molecule has 2 aliphatic heterocycles. The number of benzene rings is 2. The molecule has 2 saturated heterocycles. The third kappa shape index (κ3) is 6.92. The largest absolute Gasteiger partial charge is 0.439 e. The van der Waals surface area contributed by atoms with Crippen LogP contribution in [-0.4, -0.2) is 40.8 Å². The van der Waals surface area contributed by atoms with E-state index in [1.54, 1.807) is 18.3 Å². The summed E-state index contributed by atoms with van der Waals surface area (Å²) in [5.74, 6) is -0.0215. The maximum absolute atomic E-state index is 14.0. The number of pyridine rings is 1. The molecule has 3 aromatic rings. The van der Waals surface area contributed by atoms with Crippen LogP contribution >= 0.6 is 0 Å². The zero-order chi connectivity index (χ0) is 31.8. The van der Waals surface area contributed by atoms with Crippen LogP contribution in [0.3, 0.4) is 0 Å². The molecular weight excluding hydrogens is 595 g/mol. The number of alkyl halides is 6.